The van der Waals surface area contributed by atoms with E-state index in [9.17, 15) is 16.8 Å². The molecule has 1 saturated heterocycles. The smallest absolute Gasteiger partial charge is 0.243 e. The van der Waals surface area contributed by atoms with Crippen LogP contribution in [0.2, 0.25) is 5.15 Å². The van der Waals surface area contributed by atoms with E-state index < -0.39 is 19.9 Å². The number of pyridine rings is 1. The van der Waals surface area contributed by atoms with E-state index in [-0.39, 0.29) is 34.6 Å². The molecule has 1 aromatic heterocycles. The van der Waals surface area contributed by atoms with Crippen molar-refractivity contribution in [1.29, 1.82) is 0 Å². The summed E-state index contributed by atoms with van der Waals surface area (Å²) in [5.74, 6) is -0.124. The Labute approximate surface area is 117 Å². The van der Waals surface area contributed by atoms with Crippen molar-refractivity contribution < 1.29 is 16.8 Å². The summed E-state index contributed by atoms with van der Waals surface area (Å²) in [6.45, 7) is 0.173. The number of sulfonamides is 1. The van der Waals surface area contributed by atoms with Gasteiger partial charge in [0.2, 0.25) is 10.0 Å². The van der Waals surface area contributed by atoms with Crippen molar-refractivity contribution in [3.63, 3.8) is 0 Å². The third-order valence-electron chi connectivity index (χ3n) is 2.85. The van der Waals surface area contributed by atoms with Crippen LogP contribution in [0.1, 0.15) is 6.42 Å². The Balaban J connectivity index is 2.30. The summed E-state index contributed by atoms with van der Waals surface area (Å²) < 4.78 is 48.8. The molecule has 1 aliphatic heterocycles. The van der Waals surface area contributed by atoms with Gasteiger partial charge in [0.1, 0.15) is 5.15 Å². The van der Waals surface area contributed by atoms with Gasteiger partial charge in [-0.3, -0.25) is 0 Å². The Bertz CT molecular complexity index is 673. The average molecular weight is 325 g/mol. The molecule has 2 heterocycles. The lowest BCUT2D eigenvalue weighted by Crippen LogP contribution is -2.33. The molecular weight excluding hydrogens is 312 g/mol. The van der Waals surface area contributed by atoms with Crippen molar-refractivity contribution in [3.05, 3.63) is 23.5 Å². The molecule has 6 nitrogen and oxygen atoms in total. The molecule has 0 unspecified atom stereocenters. The van der Waals surface area contributed by atoms with Gasteiger partial charge >= 0.3 is 0 Å². The largest absolute Gasteiger partial charge is 0.244 e. The average Bonchev–Trinajstić information content (AvgIpc) is 2.50. The predicted octanol–water partition coefficient (Wildman–Crippen LogP) is 0.544. The highest BCUT2D eigenvalue weighted by Gasteiger charge is 2.29. The summed E-state index contributed by atoms with van der Waals surface area (Å²) in [6, 6.07) is 2.61. The SMILES string of the molecule is O=S1(=O)CCCN(S(=O)(=O)c2ccnc(Cl)c2)CC1. The van der Waals surface area contributed by atoms with Gasteiger partial charge in [-0.05, 0) is 18.6 Å². The van der Waals surface area contributed by atoms with Crippen molar-refractivity contribution >= 4 is 31.5 Å². The molecule has 0 bridgehead atoms. The molecule has 1 fully saturated rings. The van der Waals surface area contributed by atoms with Crippen molar-refractivity contribution in [1.82, 2.24) is 9.29 Å². The van der Waals surface area contributed by atoms with E-state index >= 15 is 0 Å². The summed E-state index contributed by atoms with van der Waals surface area (Å²) in [5.41, 5.74) is 0. The lowest BCUT2D eigenvalue weighted by molar-refractivity contribution is 0.434. The van der Waals surface area contributed by atoms with Gasteiger partial charge < -0.3 is 0 Å². The maximum absolute atomic E-state index is 12.3. The number of halogens is 1. The number of hydrogen-bond donors (Lipinski definition) is 0. The molecule has 1 aromatic rings. The summed E-state index contributed by atoms with van der Waals surface area (Å²) in [7, 11) is -6.86. The fraction of sp³-hybridized carbons (Fsp3) is 0.500. The molecule has 19 heavy (non-hydrogen) atoms. The predicted molar refractivity (Wildman–Crippen MR) is 71.3 cm³/mol. The van der Waals surface area contributed by atoms with Gasteiger partial charge in [-0.15, -0.1) is 0 Å². The maximum Gasteiger partial charge on any atom is 0.243 e. The molecular formula is C10H13ClN2O4S2. The molecule has 0 N–H and O–H groups in total. The van der Waals surface area contributed by atoms with Gasteiger partial charge in [0.25, 0.3) is 0 Å². The first-order valence-corrected chi connectivity index (χ1v) is 9.27. The summed E-state index contributed by atoms with van der Waals surface area (Å²) in [4.78, 5) is 3.76. The van der Waals surface area contributed by atoms with Crippen LogP contribution >= 0.6 is 11.6 Å². The van der Waals surface area contributed by atoms with E-state index in [1.54, 1.807) is 0 Å². The number of sulfone groups is 1. The van der Waals surface area contributed by atoms with Gasteiger partial charge in [0.15, 0.2) is 9.84 Å². The summed E-state index contributed by atoms with van der Waals surface area (Å²) in [5, 5.41) is 0.0866. The second-order valence-electron chi connectivity index (χ2n) is 4.22. The quantitative estimate of drug-likeness (QED) is 0.741. The van der Waals surface area contributed by atoms with Crippen molar-refractivity contribution in [3.8, 4) is 0 Å². The number of rotatable bonds is 2. The van der Waals surface area contributed by atoms with Crippen LogP contribution in [0.4, 0.5) is 0 Å². The summed E-state index contributed by atoms with van der Waals surface area (Å²) in [6.07, 6.45) is 1.62. The standard InChI is InChI=1S/C10H13ClN2O4S2/c11-10-8-9(2-3-12-10)19(16,17)13-4-1-6-18(14,15)7-5-13/h2-3,8H,1,4-7H2. The third-order valence-corrected chi connectivity index (χ3v) is 6.67. The third kappa shape index (κ3) is 3.44. The van der Waals surface area contributed by atoms with Gasteiger partial charge in [0.05, 0.1) is 16.4 Å². The molecule has 0 aliphatic carbocycles. The first-order valence-electron chi connectivity index (χ1n) is 5.63. The van der Waals surface area contributed by atoms with E-state index in [1.165, 1.54) is 22.6 Å². The highest BCUT2D eigenvalue weighted by molar-refractivity contribution is 7.91. The van der Waals surface area contributed by atoms with Crippen LogP contribution in [-0.4, -0.2) is 50.7 Å². The minimum Gasteiger partial charge on any atom is -0.244 e. The Morgan fingerprint density at radius 3 is 2.68 bits per heavy atom. The number of nitrogens with zero attached hydrogens (tertiary/aromatic N) is 2. The molecule has 9 heteroatoms. The first-order chi connectivity index (χ1) is 8.81. The highest BCUT2D eigenvalue weighted by atomic mass is 35.5. The fourth-order valence-corrected chi connectivity index (χ4v) is 4.97. The van der Waals surface area contributed by atoms with E-state index in [0.29, 0.717) is 6.42 Å². The van der Waals surface area contributed by atoms with Gasteiger partial charge in [-0.25, -0.2) is 21.8 Å². The Morgan fingerprint density at radius 1 is 1.26 bits per heavy atom. The molecule has 0 atom stereocenters. The highest BCUT2D eigenvalue weighted by Crippen LogP contribution is 2.19. The van der Waals surface area contributed by atoms with Gasteiger partial charge in [-0.2, -0.15) is 4.31 Å². The van der Waals surface area contributed by atoms with E-state index in [0.717, 1.165) is 0 Å². The number of aromatic nitrogens is 1. The molecule has 0 amide bonds. The minimum absolute atomic E-state index is 0.0232. The van der Waals surface area contributed by atoms with Gasteiger partial charge in [-0.1, -0.05) is 11.6 Å². The topological polar surface area (TPSA) is 84.4 Å². The summed E-state index contributed by atoms with van der Waals surface area (Å²) >= 11 is 5.68. The normalized spacial score (nSPS) is 20.9. The van der Waals surface area contributed by atoms with Crippen LogP contribution in [0, 0.1) is 0 Å². The zero-order valence-corrected chi connectivity index (χ0v) is 12.4. The van der Waals surface area contributed by atoms with Crippen LogP contribution < -0.4 is 0 Å². The zero-order valence-electron chi connectivity index (χ0n) is 9.99. The van der Waals surface area contributed by atoms with E-state index in [4.69, 9.17) is 11.6 Å². The Morgan fingerprint density at radius 2 is 2.00 bits per heavy atom. The minimum atomic E-state index is -3.71. The van der Waals surface area contributed by atoms with Crippen LogP contribution in [0.3, 0.4) is 0 Å². The lowest BCUT2D eigenvalue weighted by Gasteiger charge is -2.19. The van der Waals surface area contributed by atoms with Crippen LogP contribution in [0.15, 0.2) is 23.2 Å². The second-order valence-corrected chi connectivity index (χ2v) is 8.85. The molecule has 0 radical (unpaired) electrons. The molecule has 0 aromatic carbocycles. The van der Waals surface area contributed by atoms with E-state index in [1.807, 2.05) is 0 Å². The van der Waals surface area contributed by atoms with E-state index in [2.05, 4.69) is 4.98 Å². The van der Waals surface area contributed by atoms with Crippen molar-refractivity contribution in [2.45, 2.75) is 11.3 Å². The first kappa shape index (κ1) is 14.7. The molecule has 1 aliphatic rings. The monoisotopic (exact) mass is 324 g/mol. The van der Waals surface area contributed by atoms with Crippen molar-refractivity contribution in [2.75, 3.05) is 24.6 Å². The van der Waals surface area contributed by atoms with Crippen molar-refractivity contribution in [2.24, 2.45) is 0 Å². The second kappa shape index (κ2) is 5.35. The van der Waals surface area contributed by atoms with Crippen LogP contribution in [0.5, 0.6) is 0 Å². The maximum atomic E-state index is 12.3. The zero-order chi connectivity index (χ0) is 14.1. The Kier molecular flexibility index (Phi) is 4.14. The molecule has 0 spiro atoms. The number of hydrogen-bond acceptors (Lipinski definition) is 5. The molecule has 0 saturated carbocycles. The van der Waals surface area contributed by atoms with Crippen LogP contribution in [0.25, 0.3) is 0 Å². The van der Waals surface area contributed by atoms with Gasteiger partial charge in [0, 0.05) is 19.3 Å². The Hall–Kier alpha value is -0.700. The fourth-order valence-electron chi connectivity index (χ4n) is 1.85. The van der Waals surface area contributed by atoms with Crippen LogP contribution in [-0.2, 0) is 19.9 Å². The molecule has 2 rings (SSSR count). The lowest BCUT2D eigenvalue weighted by atomic mass is 10.5. The molecule has 106 valence electrons.